The van der Waals surface area contributed by atoms with Crippen LogP contribution in [-0.4, -0.2) is 71.0 Å². The van der Waals surface area contributed by atoms with Crippen molar-refractivity contribution in [2.24, 2.45) is 0 Å². The van der Waals surface area contributed by atoms with E-state index in [1.165, 1.54) is 11.3 Å². The van der Waals surface area contributed by atoms with Crippen molar-refractivity contribution in [2.75, 3.05) is 38.3 Å². The number of hydrogen-bond donors (Lipinski definition) is 0. The minimum Gasteiger partial charge on any atom is -0.377 e. The summed E-state index contributed by atoms with van der Waals surface area (Å²) < 4.78 is 5.35. The number of amides is 2. The number of aromatic nitrogens is 2. The number of morpholine rings is 1. The van der Waals surface area contributed by atoms with Gasteiger partial charge in [-0.2, -0.15) is 0 Å². The first-order chi connectivity index (χ1) is 10.1. The van der Waals surface area contributed by atoms with Crippen molar-refractivity contribution in [3.8, 4) is 0 Å². The molecule has 2 saturated heterocycles. The van der Waals surface area contributed by atoms with Gasteiger partial charge in [0.25, 0.3) is 0 Å². The molecule has 0 radical (unpaired) electrons. The molecule has 0 bridgehead atoms. The maximum Gasteiger partial charge on any atom is 0.327 e. The number of urea groups is 1. The first-order valence-electron chi connectivity index (χ1n) is 6.52. The topological polar surface area (TPSA) is 61.8 Å². The number of rotatable bonds is 3. The molecule has 2 aliphatic rings. The molecular weight excluding hydrogens is 337 g/mol. The van der Waals surface area contributed by atoms with Gasteiger partial charge >= 0.3 is 6.03 Å². The highest BCUT2D eigenvalue weighted by molar-refractivity contribution is 7.15. The Bertz CT molecular complexity index is 530. The molecule has 21 heavy (non-hydrogen) atoms. The number of halogens is 2. The highest BCUT2D eigenvalue weighted by Crippen LogP contribution is 2.31. The zero-order valence-corrected chi connectivity index (χ0v) is 13.7. The fourth-order valence-corrected chi connectivity index (χ4v) is 3.76. The van der Waals surface area contributed by atoms with Crippen LogP contribution in [0.5, 0.6) is 0 Å². The lowest BCUT2D eigenvalue weighted by molar-refractivity contribution is 0.00339. The van der Waals surface area contributed by atoms with Gasteiger partial charge < -0.3 is 9.64 Å². The average Bonchev–Trinajstić information content (AvgIpc) is 3.05. The third kappa shape index (κ3) is 2.83. The fraction of sp³-hybridized carbons (Fsp3) is 0.727. The van der Waals surface area contributed by atoms with Crippen molar-refractivity contribution in [1.82, 2.24) is 20.0 Å². The van der Waals surface area contributed by atoms with E-state index in [2.05, 4.69) is 15.1 Å². The summed E-state index contributed by atoms with van der Waals surface area (Å²) in [4.78, 5) is 17.8. The Morgan fingerprint density at radius 2 is 2.29 bits per heavy atom. The third-order valence-electron chi connectivity index (χ3n) is 3.54. The lowest BCUT2D eigenvalue weighted by atomic mass is 10.3. The third-order valence-corrected chi connectivity index (χ3v) is 5.25. The maximum absolute atomic E-state index is 12.4. The molecule has 0 aromatic carbocycles. The van der Waals surface area contributed by atoms with E-state index in [1.807, 2.05) is 0 Å². The second kappa shape index (κ2) is 6.21. The first-order valence-corrected chi connectivity index (χ1v) is 8.31. The van der Waals surface area contributed by atoms with Gasteiger partial charge in [0.2, 0.25) is 5.13 Å². The fourth-order valence-electron chi connectivity index (χ4n) is 2.50. The molecule has 0 N–H and O–H groups in total. The zero-order valence-electron chi connectivity index (χ0n) is 11.4. The van der Waals surface area contributed by atoms with Gasteiger partial charge in [0.15, 0.2) is 0 Å². The molecule has 1 aromatic rings. The summed E-state index contributed by atoms with van der Waals surface area (Å²) >= 11 is 13.4. The molecule has 2 atom stereocenters. The highest BCUT2D eigenvalue weighted by Gasteiger charge is 2.44. The Balaban J connectivity index is 1.88. The smallest absolute Gasteiger partial charge is 0.327 e. The summed E-state index contributed by atoms with van der Waals surface area (Å²) in [5.41, 5.74) is -0.258. The summed E-state index contributed by atoms with van der Waals surface area (Å²) in [6.07, 6.45) is -0.162. The summed E-state index contributed by atoms with van der Waals surface area (Å²) in [5.74, 6) is 0.288. The molecule has 1 aromatic heterocycles. The van der Waals surface area contributed by atoms with Crippen molar-refractivity contribution in [3.05, 3.63) is 5.01 Å². The summed E-state index contributed by atoms with van der Waals surface area (Å²) in [7, 11) is 1.77. The van der Waals surface area contributed by atoms with Gasteiger partial charge in [-0.1, -0.05) is 11.3 Å². The molecule has 10 heteroatoms. The lowest BCUT2D eigenvalue weighted by Gasteiger charge is -2.38. The van der Waals surface area contributed by atoms with Gasteiger partial charge in [-0.05, 0) is 0 Å². The summed E-state index contributed by atoms with van der Waals surface area (Å²) in [6.45, 7) is 2.30. The number of ether oxygens (including phenoxy) is 1. The maximum atomic E-state index is 12.4. The molecule has 0 saturated carbocycles. The number of alkyl halides is 2. The van der Waals surface area contributed by atoms with E-state index in [9.17, 15) is 4.79 Å². The molecule has 3 rings (SSSR count). The van der Waals surface area contributed by atoms with Crippen molar-refractivity contribution >= 4 is 45.7 Å². The number of nitrogens with zero attached hydrogens (tertiary/aromatic N) is 5. The van der Waals surface area contributed by atoms with E-state index in [1.54, 1.807) is 16.8 Å². The summed E-state index contributed by atoms with van der Waals surface area (Å²) in [6, 6.07) is -0.104. The molecule has 2 amide bonds. The zero-order chi connectivity index (χ0) is 15.0. The lowest BCUT2D eigenvalue weighted by Crippen LogP contribution is -2.55. The van der Waals surface area contributed by atoms with Crippen LogP contribution >= 0.6 is 34.5 Å². The van der Waals surface area contributed by atoms with Crippen LogP contribution in [0, 0.1) is 0 Å². The first kappa shape index (κ1) is 15.2. The van der Waals surface area contributed by atoms with Crippen molar-refractivity contribution in [2.45, 2.75) is 17.5 Å². The standard InChI is InChI=1S/C11H15Cl2N5O2S/c1-16-5-9(17-2-3-20-6-7(17)13)18(11(16)19)10-15-14-8(4-12)21-10/h7,9H,2-6H2,1H3. The van der Waals surface area contributed by atoms with Crippen LogP contribution in [0.15, 0.2) is 0 Å². The van der Waals surface area contributed by atoms with E-state index in [0.717, 1.165) is 0 Å². The molecule has 3 heterocycles. The minimum atomic E-state index is -0.258. The SMILES string of the molecule is CN1CC(N2CCOCC2Cl)N(c2nnc(CCl)s2)C1=O. The van der Waals surface area contributed by atoms with E-state index in [-0.39, 0.29) is 23.6 Å². The van der Waals surface area contributed by atoms with Gasteiger partial charge in [-0.15, -0.1) is 33.4 Å². The van der Waals surface area contributed by atoms with Crippen LogP contribution in [0.4, 0.5) is 9.93 Å². The number of anilines is 1. The number of carbonyl (C=O) groups excluding carboxylic acids is 1. The molecule has 2 fully saturated rings. The van der Waals surface area contributed by atoms with Crippen molar-refractivity contribution in [1.29, 1.82) is 0 Å². The Labute approximate surface area is 136 Å². The van der Waals surface area contributed by atoms with E-state index in [0.29, 0.717) is 36.4 Å². The van der Waals surface area contributed by atoms with E-state index >= 15 is 0 Å². The van der Waals surface area contributed by atoms with Gasteiger partial charge in [-0.3, -0.25) is 4.90 Å². The molecule has 116 valence electrons. The Kier molecular flexibility index (Phi) is 4.51. The molecule has 2 unspecified atom stereocenters. The van der Waals surface area contributed by atoms with Crippen LogP contribution in [0.25, 0.3) is 0 Å². The Morgan fingerprint density at radius 1 is 1.48 bits per heavy atom. The van der Waals surface area contributed by atoms with Crippen molar-refractivity contribution in [3.63, 3.8) is 0 Å². The van der Waals surface area contributed by atoms with Crippen LogP contribution in [0.3, 0.4) is 0 Å². The predicted octanol–water partition coefficient (Wildman–Crippen LogP) is 1.37. The second-order valence-corrected chi connectivity index (χ2v) is 6.68. The van der Waals surface area contributed by atoms with Crippen molar-refractivity contribution < 1.29 is 9.53 Å². The van der Waals surface area contributed by atoms with Crippen LogP contribution < -0.4 is 4.90 Å². The van der Waals surface area contributed by atoms with E-state index in [4.69, 9.17) is 27.9 Å². The number of likely N-dealkylation sites (N-methyl/N-ethyl adjacent to an activating group) is 1. The number of carbonyl (C=O) groups is 1. The minimum absolute atomic E-state index is 0.104. The molecule has 0 aliphatic carbocycles. The average molecular weight is 352 g/mol. The molecule has 0 spiro atoms. The monoisotopic (exact) mass is 351 g/mol. The Morgan fingerprint density at radius 3 is 2.95 bits per heavy atom. The normalized spacial score (nSPS) is 27.7. The molecule has 2 aliphatic heterocycles. The van der Waals surface area contributed by atoms with Crippen LogP contribution in [0.2, 0.25) is 0 Å². The highest BCUT2D eigenvalue weighted by atomic mass is 35.5. The second-order valence-electron chi connectivity index (χ2n) is 4.87. The van der Waals surface area contributed by atoms with Gasteiger partial charge in [0.05, 0.1) is 25.6 Å². The molecule has 7 nitrogen and oxygen atoms in total. The largest absolute Gasteiger partial charge is 0.377 e. The van der Waals surface area contributed by atoms with Gasteiger partial charge in [0, 0.05) is 13.6 Å². The number of hydrogen-bond acceptors (Lipinski definition) is 6. The van der Waals surface area contributed by atoms with E-state index < -0.39 is 0 Å². The Hall–Kier alpha value is -0.670. The quantitative estimate of drug-likeness (QED) is 0.608. The van der Waals surface area contributed by atoms with Crippen LogP contribution in [0.1, 0.15) is 5.01 Å². The summed E-state index contributed by atoms with van der Waals surface area (Å²) in [5, 5.41) is 9.32. The predicted molar refractivity (Wildman–Crippen MR) is 80.9 cm³/mol. The molecular formula is C11H15Cl2N5O2S. The van der Waals surface area contributed by atoms with Gasteiger partial charge in [-0.25, -0.2) is 9.69 Å². The van der Waals surface area contributed by atoms with Gasteiger partial charge in [0.1, 0.15) is 16.7 Å². The van der Waals surface area contributed by atoms with Crippen LogP contribution in [-0.2, 0) is 10.6 Å².